The lowest BCUT2D eigenvalue weighted by molar-refractivity contribution is -0.117. The molecule has 1 fully saturated rings. The molecule has 2 amide bonds. The standard InChI is InChI=1S/C14H18N2O4/c17-12-7-2-1-6-11(12)15-13(18)9-10-5-3-4-8-16(10)14(19)20/h1-2,6-7,10,17H,3-5,8-9H2,(H,15,18)(H,19,20). The molecule has 0 bridgehead atoms. The Kier molecular flexibility index (Phi) is 4.45. The van der Waals surface area contributed by atoms with Crippen molar-refractivity contribution in [1.29, 1.82) is 0 Å². The van der Waals surface area contributed by atoms with Gasteiger partial charge in [0.2, 0.25) is 5.91 Å². The summed E-state index contributed by atoms with van der Waals surface area (Å²) in [6.45, 7) is 0.476. The van der Waals surface area contributed by atoms with Crippen LogP contribution in [0.1, 0.15) is 25.7 Å². The molecule has 1 aromatic rings. The van der Waals surface area contributed by atoms with Crippen molar-refractivity contribution in [2.75, 3.05) is 11.9 Å². The quantitative estimate of drug-likeness (QED) is 0.740. The maximum Gasteiger partial charge on any atom is 0.407 e. The van der Waals surface area contributed by atoms with Crippen LogP contribution in [0, 0.1) is 0 Å². The Morgan fingerprint density at radius 3 is 2.75 bits per heavy atom. The number of nitrogens with one attached hydrogen (secondary N) is 1. The van der Waals surface area contributed by atoms with Gasteiger partial charge in [0.05, 0.1) is 5.69 Å². The third kappa shape index (κ3) is 3.40. The van der Waals surface area contributed by atoms with Crippen LogP contribution in [-0.4, -0.2) is 39.7 Å². The van der Waals surface area contributed by atoms with Gasteiger partial charge in [-0.05, 0) is 31.4 Å². The maximum atomic E-state index is 12.0. The second kappa shape index (κ2) is 6.27. The van der Waals surface area contributed by atoms with Gasteiger partial charge < -0.3 is 20.4 Å². The summed E-state index contributed by atoms with van der Waals surface area (Å²) in [6.07, 6.45) is 1.59. The van der Waals surface area contributed by atoms with E-state index in [2.05, 4.69) is 5.32 Å². The van der Waals surface area contributed by atoms with E-state index >= 15 is 0 Å². The van der Waals surface area contributed by atoms with Crippen molar-refractivity contribution < 1.29 is 19.8 Å². The lowest BCUT2D eigenvalue weighted by Gasteiger charge is -2.33. The van der Waals surface area contributed by atoms with Crippen LogP contribution in [0.2, 0.25) is 0 Å². The fraction of sp³-hybridized carbons (Fsp3) is 0.429. The number of rotatable bonds is 3. The molecule has 0 aliphatic carbocycles. The zero-order valence-electron chi connectivity index (χ0n) is 11.1. The molecule has 1 heterocycles. The van der Waals surface area contributed by atoms with Crippen molar-refractivity contribution in [3.05, 3.63) is 24.3 Å². The molecule has 6 heteroatoms. The van der Waals surface area contributed by atoms with Crippen molar-refractivity contribution in [3.63, 3.8) is 0 Å². The maximum absolute atomic E-state index is 12.0. The lowest BCUT2D eigenvalue weighted by atomic mass is 9.99. The molecule has 1 saturated heterocycles. The predicted molar refractivity (Wildman–Crippen MR) is 73.7 cm³/mol. The Hall–Kier alpha value is -2.24. The van der Waals surface area contributed by atoms with E-state index in [1.54, 1.807) is 18.2 Å². The van der Waals surface area contributed by atoms with Crippen LogP contribution >= 0.6 is 0 Å². The fourth-order valence-corrected chi connectivity index (χ4v) is 2.46. The largest absolute Gasteiger partial charge is 0.506 e. The van der Waals surface area contributed by atoms with E-state index < -0.39 is 6.09 Å². The second-order valence-electron chi connectivity index (χ2n) is 4.90. The molecule has 0 spiro atoms. The van der Waals surface area contributed by atoms with Crippen molar-refractivity contribution in [1.82, 2.24) is 4.90 Å². The summed E-state index contributed by atoms with van der Waals surface area (Å²) in [4.78, 5) is 24.4. The van der Waals surface area contributed by atoms with Crippen molar-refractivity contribution >= 4 is 17.7 Å². The summed E-state index contributed by atoms with van der Waals surface area (Å²) in [7, 11) is 0. The van der Waals surface area contributed by atoms with Crippen LogP contribution in [0.25, 0.3) is 0 Å². The number of likely N-dealkylation sites (tertiary alicyclic amines) is 1. The van der Waals surface area contributed by atoms with Crippen LogP contribution in [0.15, 0.2) is 24.3 Å². The van der Waals surface area contributed by atoms with Crippen molar-refractivity contribution in [3.8, 4) is 5.75 Å². The van der Waals surface area contributed by atoms with Gasteiger partial charge in [0.25, 0.3) is 0 Å². The summed E-state index contributed by atoms with van der Waals surface area (Å²) in [5.41, 5.74) is 0.343. The first-order valence-electron chi connectivity index (χ1n) is 6.65. The van der Waals surface area contributed by atoms with E-state index in [1.165, 1.54) is 11.0 Å². The number of anilines is 1. The fourth-order valence-electron chi connectivity index (χ4n) is 2.46. The van der Waals surface area contributed by atoms with E-state index in [-0.39, 0.29) is 24.1 Å². The normalized spacial score (nSPS) is 18.6. The Balaban J connectivity index is 1.96. The zero-order valence-corrected chi connectivity index (χ0v) is 11.1. The van der Waals surface area contributed by atoms with E-state index in [4.69, 9.17) is 5.11 Å². The summed E-state index contributed by atoms with van der Waals surface area (Å²) in [6, 6.07) is 6.17. The Bertz CT molecular complexity index is 504. The topological polar surface area (TPSA) is 89.9 Å². The Labute approximate surface area is 117 Å². The average Bonchev–Trinajstić information content (AvgIpc) is 2.41. The highest BCUT2D eigenvalue weighted by molar-refractivity contribution is 5.92. The van der Waals surface area contributed by atoms with Gasteiger partial charge in [-0.2, -0.15) is 0 Å². The number of carbonyl (C=O) groups is 2. The van der Waals surface area contributed by atoms with Gasteiger partial charge >= 0.3 is 6.09 Å². The summed E-state index contributed by atoms with van der Waals surface area (Å²) in [5, 5.41) is 21.3. The molecule has 0 saturated carbocycles. The number of piperidine rings is 1. The van der Waals surface area contributed by atoms with Gasteiger partial charge in [0.1, 0.15) is 5.75 Å². The third-order valence-corrected chi connectivity index (χ3v) is 3.47. The Morgan fingerprint density at radius 2 is 2.05 bits per heavy atom. The highest BCUT2D eigenvalue weighted by Gasteiger charge is 2.28. The third-order valence-electron chi connectivity index (χ3n) is 3.47. The first kappa shape index (κ1) is 14.2. The molecular weight excluding hydrogens is 260 g/mol. The number of hydrogen-bond donors (Lipinski definition) is 3. The molecule has 1 aliphatic heterocycles. The Morgan fingerprint density at radius 1 is 1.30 bits per heavy atom. The average molecular weight is 278 g/mol. The van der Waals surface area contributed by atoms with Crippen LogP contribution in [0.5, 0.6) is 5.75 Å². The van der Waals surface area contributed by atoms with Crippen molar-refractivity contribution in [2.45, 2.75) is 31.7 Å². The zero-order chi connectivity index (χ0) is 14.5. The highest BCUT2D eigenvalue weighted by atomic mass is 16.4. The summed E-state index contributed by atoms with van der Waals surface area (Å²) >= 11 is 0. The van der Waals surface area contributed by atoms with E-state index in [0.717, 1.165) is 12.8 Å². The number of benzene rings is 1. The van der Waals surface area contributed by atoms with Gasteiger partial charge in [-0.25, -0.2) is 4.79 Å². The SMILES string of the molecule is O=C(CC1CCCCN1C(=O)O)Nc1ccccc1O. The van der Waals surface area contributed by atoms with Gasteiger partial charge in [0.15, 0.2) is 0 Å². The molecule has 1 aromatic carbocycles. The summed E-state index contributed by atoms with van der Waals surface area (Å²) in [5.74, 6) is -0.288. The predicted octanol–water partition coefficient (Wildman–Crippen LogP) is 2.25. The van der Waals surface area contributed by atoms with E-state index in [9.17, 15) is 14.7 Å². The van der Waals surface area contributed by atoms with Crippen LogP contribution in [-0.2, 0) is 4.79 Å². The monoisotopic (exact) mass is 278 g/mol. The molecule has 1 aliphatic rings. The molecule has 108 valence electrons. The number of carbonyl (C=O) groups excluding carboxylic acids is 1. The van der Waals surface area contributed by atoms with E-state index in [1.807, 2.05) is 0 Å². The number of carboxylic acid groups (broad SMARTS) is 1. The number of aromatic hydroxyl groups is 1. The minimum absolute atomic E-state index is 0.000384. The number of phenols is 1. The molecule has 20 heavy (non-hydrogen) atoms. The van der Waals surface area contributed by atoms with Crippen LogP contribution in [0.4, 0.5) is 10.5 Å². The van der Waals surface area contributed by atoms with Crippen LogP contribution in [0.3, 0.4) is 0 Å². The molecule has 1 atom stereocenters. The number of hydrogen-bond acceptors (Lipinski definition) is 3. The molecular formula is C14H18N2O4. The minimum Gasteiger partial charge on any atom is -0.506 e. The number of amides is 2. The van der Waals surface area contributed by atoms with Gasteiger partial charge in [-0.3, -0.25) is 4.79 Å². The van der Waals surface area contributed by atoms with E-state index in [0.29, 0.717) is 18.7 Å². The number of para-hydroxylation sites is 2. The second-order valence-corrected chi connectivity index (χ2v) is 4.90. The molecule has 1 unspecified atom stereocenters. The first-order valence-corrected chi connectivity index (χ1v) is 6.65. The summed E-state index contributed by atoms with van der Waals surface area (Å²) < 4.78 is 0. The molecule has 2 rings (SSSR count). The van der Waals surface area contributed by atoms with Crippen LogP contribution < -0.4 is 5.32 Å². The number of nitrogens with zero attached hydrogens (tertiary/aromatic N) is 1. The smallest absolute Gasteiger partial charge is 0.407 e. The van der Waals surface area contributed by atoms with Gasteiger partial charge in [0, 0.05) is 19.0 Å². The van der Waals surface area contributed by atoms with Gasteiger partial charge in [-0.15, -0.1) is 0 Å². The molecule has 0 radical (unpaired) electrons. The molecule has 0 aromatic heterocycles. The molecule has 3 N–H and O–H groups in total. The highest BCUT2D eigenvalue weighted by Crippen LogP contribution is 2.24. The van der Waals surface area contributed by atoms with Crippen molar-refractivity contribution in [2.24, 2.45) is 0 Å². The van der Waals surface area contributed by atoms with Gasteiger partial charge in [-0.1, -0.05) is 12.1 Å². The minimum atomic E-state index is -0.981. The molecule has 6 nitrogen and oxygen atoms in total. The number of phenolic OH excluding ortho intramolecular Hbond substituents is 1. The lowest BCUT2D eigenvalue weighted by Crippen LogP contribution is -2.44. The first-order chi connectivity index (χ1) is 9.58.